The second-order valence-electron chi connectivity index (χ2n) is 4.62. The van der Waals surface area contributed by atoms with E-state index >= 15 is 0 Å². The van der Waals surface area contributed by atoms with Crippen LogP contribution >= 0.6 is 22.9 Å². The zero-order valence-corrected chi connectivity index (χ0v) is 13.2. The number of aromatic nitrogens is 2. The van der Waals surface area contributed by atoms with Crippen molar-refractivity contribution in [2.75, 3.05) is 13.1 Å². The minimum absolute atomic E-state index is 0.811. The SMILES string of the molecule is CCNCCc1c(C)nn(Cc2ccc(Cl)s2)c1C. The summed E-state index contributed by atoms with van der Waals surface area (Å²) in [5, 5.41) is 8.01. The monoisotopic (exact) mass is 297 g/mol. The number of thiophene rings is 1. The maximum atomic E-state index is 5.97. The first-order valence-corrected chi connectivity index (χ1v) is 7.79. The predicted molar refractivity (Wildman–Crippen MR) is 82.4 cm³/mol. The number of nitrogens with zero attached hydrogens (tertiary/aromatic N) is 2. The molecular formula is C14H20ClN3S. The van der Waals surface area contributed by atoms with Gasteiger partial charge in [-0.05, 0) is 51.1 Å². The van der Waals surface area contributed by atoms with Gasteiger partial charge >= 0.3 is 0 Å². The molecule has 0 aliphatic heterocycles. The molecule has 0 bridgehead atoms. The molecule has 2 heterocycles. The summed E-state index contributed by atoms with van der Waals surface area (Å²) < 4.78 is 2.92. The molecule has 0 aliphatic carbocycles. The van der Waals surface area contributed by atoms with Crippen LogP contribution in [-0.2, 0) is 13.0 Å². The molecule has 104 valence electrons. The predicted octanol–water partition coefficient (Wildman–Crippen LogP) is 3.42. The molecule has 0 atom stereocenters. The first kappa shape index (κ1) is 14.6. The van der Waals surface area contributed by atoms with E-state index in [0.717, 1.165) is 36.1 Å². The molecule has 2 aromatic heterocycles. The summed E-state index contributed by atoms with van der Waals surface area (Å²) in [6.45, 7) is 9.20. The largest absolute Gasteiger partial charge is 0.317 e. The van der Waals surface area contributed by atoms with Gasteiger partial charge in [0.1, 0.15) is 0 Å². The third-order valence-electron chi connectivity index (χ3n) is 3.27. The van der Waals surface area contributed by atoms with E-state index in [2.05, 4.69) is 41.9 Å². The molecule has 0 amide bonds. The Labute approximate surface area is 123 Å². The van der Waals surface area contributed by atoms with E-state index in [1.54, 1.807) is 11.3 Å². The second-order valence-corrected chi connectivity index (χ2v) is 6.42. The number of hydrogen-bond acceptors (Lipinski definition) is 3. The zero-order chi connectivity index (χ0) is 13.8. The van der Waals surface area contributed by atoms with Crippen LogP contribution < -0.4 is 5.32 Å². The molecule has 0 saturated heterocycles. The highest BCUT2D eigenvalue weighted by Crippen LogP contribution is 2.23. The van der Waals surface area contributed by atoms with E-state index in [4.69, 9.17) is 11.6 Å². The van der Waals surface area contributed by atoms with Crippen LogP contribution in [0.25, 0.3) is 0 Å². The zero-order valence-electron chi connectivity index (χ0n) is 11.7. The van der Waals surface area contributed by atoms with Crippen molar-refractivity contribution in [3.05, 3.63) is 38.3 Å². The Morgan fingerprint density at radius 3 is 2.79 bits per heavy atom. The number of hydrogen-bond donors (Lipinski definition) is 1. The summed E-state index contributed by atoms with van der Waals surface area (Å²) in [7, 11) is 0. The number of likely N-dealkylation sites (N-methyl/N-ethyl adjacent to an activating group) is 1. The molecule has 0 aliphatic rings. The van der Waals surface area contributed by atoms with Gasteiger partial charge in [0.25, 0.3) is 0 Å². The molecule has 0 spiro atoms. The van der Waals surface area contributed by atoms with Crippen molar-refractivity contribution in [3.63, 3.8) is 0 Å². The maximum Gasteiger partial charge on any atom is 0.0931 e. The van der Waals surface area contributed by atoms with Gasteiger partial charge in [-0.2, -0.15) is 5.10 Å². The molecule has 0 fully saturated rings. The van der Waals surface area contributed by atoms with Crippen molar-refractivity contribution in [2.45, 2.75) is 33.7 Å². The third kappa shape index (κ3) is 3.59. The highest BCUT2D eigenvalue weighted by molar-refractivity contribution is 7.16. The second kappa shape index (κ2) is 6.55. The fourth-order valence-electron chi connectivity index (χ4n) is 2.22. The van der Waals surface area contributed by atoms with Crippen LogP contribution in [0.3, 0.4) is 0 Å². The van der Waals surface area contributed by atoms with Crippen molar-refractivity contribution in [1.29, 1.82) is 0 Å². The van der Waals surface area contributed by atoms with E-state index in [1.807, 2.05) is 6.07 Å². The summed E-state index contributed by atoms with van der Waals surface area (Å²) >= 11 is 7.59. The Balaban J connectivity index is 2.11. The first-order chi connectivity index (χ1) is 9.11. The average molecular weight is 298 g/mol. The number of rotatable bonds is 6. The summed E-state index contributed by atoms with van der Waals surface area (Å²) in [5.74, 6) is 0. The van der Waals surface area contributed by atoms with Gasteiger partial charge in [-0.3, -0.25) is 4.68 Å². The maximum absolute atomic E-state index is 5.97. The fourth-order valence-corrected chi connectivity index (χ4v) is 3.29. The molecule has 0 radical (unpaired) electrons. The van der Waals surface area contributed by atoms with E-state index in [0.29, 0.717) is 0 Å². The summed E-state index contributed by atoms with van der Waals surface area (Å²) in [5.41, 5.74) is 3.77. The van der Waals surface area contributed by atoms with Crippen LogP contribution in [0.1, 0.15) is 28.8 Å². The molecular weight excluding hydrogens is 278 g/mol. The summed E-state index contributed by atoms with van der Waals surface area (Å²) in [6.07, 6.45) is 1.04. The highest BCUT2D eigenvalue weighted by Gasteiger charge is 2.11. The van der Waals surface area contributed by atoms with Crippen molar-refractivity contribution in [1.82, 2.24) is 15.1 Å². The minimum Gasteiger partial charge on any atom is -0.317 e. The molecule has 0 unspecified atom stereocenters. The van der Waals surface area contributed by atoms with E-state index in [9.17, 15) is 0 Å². The van der Waals surface area contributed by atoms with Crippen LogP contribution in [0.4, 0.5) is 0 Å². The van der Waals surface area contributed by atoms with Gasteiger partial charge in [0, 0.05) is 10.6 Å². The third-order valence-corrected chi connectivity index (χ3v) is 4.48. The number of aryl methyl sites for hydroxylation is 1. The smallest absolute Gasteiger partial charge is 0.0931 e. The van der Waals surface area contributed by atoms with Crippen LogP contribution in [0.5, 0.6) is 0 Å². The van der Waals surface area contributed by atoms with E-state index in [-0.39, 0.29) is 0 Å². The van der Waals surface area contributed by atoms with Gasteiger partial charge in [-0.25, -0.2) is 0 Å². The topological polar surface area (TPSA) is 29.9 Å². The van der Waals surface area contributed by atoms with E-state index < -0.39 is 0 Å². The van der Waals surface area contributed by atoms with Crippen LogP contribution in [0, 0.1) is 13.8 Å². The Bertz CT molecular complexity index is 545. The van der Waals surface area contributed by atoms with E-state index in [1.165, 1.54) is 16.1 Å². The van der Waals surface area contributed by atoms with Crippen LogP contribution in [0.2, 0.25) is 4.34 Å². The fraction of sp³-hybridized carbons (Fsp3) is 0.500. The molecule has 5 heteroatoms. The molecule has 3 nitrogen and oxygen atoms in total. The van der Waals surface area contributed by atoms with Gasteiger partial charge < -0.3 is 5.32 Å². The average Bonchev–Trinajstić information content (AvgIpc) is 2.88. The Morgan fingerprint density at radius 2 is 2.16 bits per heavy atom. The molecule has 2 rings (SSSR count). The molecule has 2 aromatic rings. The van der Waals surface area contributed by atoms with Crippen molar-refractivity contribution >= 4 is 22.9 Å². The van der Waals surface area contributed by atoms with Gasteiger partial charge in [0.2, 0.25) is 0 Å². The molecule has 1 N–H and O–H groups in total. The van der Waals surface area contributed by atoms with Gasteiger partial charge in [-0.15, -0.1) is 11.3 Å². The number of nitrogens with one attached hydrogen (secondary N) is 1. The van der Waals surface area contributed by atoms with Crippen molar-refractivity contribution in [2.24, 2.45) is 0 Å². The van der Waals surface area contributed by atoms with Crippen LogP contribution in [-0.4, -0.2) is 22.9 Å². The Hall–Kier alpha value is -0.840. The van der Waals surface area contributed by atoms with Gasteiger partial charge in [-0.1, -0.05) is 18.5 Å². The highest BCUT2D eigenvalue weighted by atomic mass is 35.5. The quantitative estimate of drug-likeness (QED) is 0.828. The number of halogens is 1. The van der Waals surface area contributed by atoms with Gasteiger partial charge in [0.15, 0.2) is 0 Å². The first-order valence-electron chi connectivity index (χ1n) is 6.59. The lowest BCUT2D eigenvalue weighted by atomic mass is 10.1. The van der Waals surface area contributed by atoms with Crippen molar-refractivity contribution < 1.29 is 0 Å². The molecule has 0 saturated carbocycles. The van der Waals surface area contributed by atoms with Crippen molar-refractivity contribution in [3.8, 4) is 0 Å². The van der Waals surface area contributed by atoms with Crippen LogP contribution in [0.15, 0.2) is 12.1 Å². The van der Waals surface area contributed by atoms with Gasteiger partial charge in [0.05, 0.1) is 16.6 Å². The Morgan fingerprint density at radius 1 is 1.37 bits per heavy atom. The summed E-state index contributed by atoms with van der Waals surface area (Å²) in [4.78, 5) is 1.24. The molecule has 19 heavy (non-hydrogen) atoms. The molecule has 0 aromatic carbocycles. The standard InChI is InChI=1S/C14H20ClN3S/c1-4-16-8-7-13-10(2)17-18(11(13)3)9-12-5-6-14(15)19-12/h5-6,16H,4,7-9H2,1-3H3. The lowest BCUT2D eigenvalue weighted by molar-refractivity contribution is 0.663. The lowest BCUT2D eigenvalue weighted by Crippen LogP contribution is -2.16. The lowest BCUT2D eigenvalue weighted by Gasteiger charge is -2.04. The normalized spacial score (nSPS) is 11.2. The minimum atomic E-state index is 0.811. The summed E-state index contributed by atoms with van der Waals surface area (Å²) in [6, 6.07) is 4.01. The Kier molecular flexibility index (Phi) is 5.02.